The van der Waals surface area contributed by atoms with Crippen LogP contribution in [0.15, 0.2) is 10.6 Å². The van der Waals surface area contributed by atoms with E-state index in [2.05, 4.69) is 0 Å². The molecule has 0 unspecified atom stereocenters. The number of aliphatic carboxylic acids is 1. The van der Waals surface area contributed by atoms with Crippen LogP contribution in [0.3, 0.4) is 0 Å². The minimum absolute atomic E-state index is 0.0516. The van der Waals surface area contributed by atoms with E-state index in [4.69, 9.17) is 5.73 Å². The van der Waals surface area contributed by atoms with Crippen LogP contribution in [-0.2, 0) is 24.6 Å². The zero-order chi connectivity index (χ0) is 23.5. The van der Waals surface area contributed by atoms with Crippen LogP contribution in [0.2, 0.25) is 0 Å². The summed E-state index contributed by atoms with van der Waals surface area (Å²) in [5.74, 6) is -3.16. The maximum atomic E-state index is 12.9. The molecule has 2 amide bonds. The van der Waals surface area contributed by atoms with Crippen molar-refractivity contribution in [2.75, 3.05) is 26.2 Å². The van der Waals surface area contributed by atoms with Crippen LogP contribution in [-0.4, -0.2) is 93.5 Å². The summed E-state index contributed by atoms with van der Waals surface area (Å²) in [4.78, 5) is 37.4. The van der Waals surface area contributed by atoms with Crippen molar-refractivity contribution >= 4 is 39.8 Å². The van der Waals surface area contributed by atoms with Gasteiger partial charge in [-0.2, -0.15) is 17.0 Å². The Bertz CT molecular complexity index is 968. The van der Waals surface area contributed by atoms with Gasteiger partial charge >= 0.3 is 5.97 Å². The van der Waals surface area contributed by atoms with Gasteiger partial charge in [0.05, 0.1) is 18.1 Å². The number of carboxylic acid groups (broad SMARTS) is 1. The number of nitrogens with zero attached hydrogens (tertiary/aromatic N) is 3. The van der Waals surface area contributed by atoms with Crippen LogP contribution in [0.5, 0.6) is 0 Å². The maximum absolute atomic E-state index is 12.9. The molecule has 4 aliphatic heterocycles. The lowest BCUT2D eigenvalue weighted by molar-refractivity contribution is -0.163. The Hall–Kier alpha value is -1.67. The number of thioether (sulfide) groups is 1. The Morgan fingerprint density at radius 3 is 2.28 bits per heavy atom. The molecule has 13 heteroatoms. The van der Waals surface area contributed by atoms with E-state index in [0.717, 1.165) is 0 Å². The average molecular weight is 489 g/mol. The van der Waals surface area contributed by atoms with Gasteiger partial charge in [-0.25, -0.2) is 4.79 Å². The number of rotatable bonds is 7. The average Bonchev–Trinajstić information content (AvgIpc) is 2.92. The monoisotopic (exact) mass is 488 g/mol. The van der Waals surface area contributed by atoms with Crippen molar-refractivity contribution in [3.8, 4) is 0 Å². The largest absolute Gasteiger partial charge is 0.477 e. The first kappa shape index (κ1) is 23.5. The van der Waals surface area contributed by atoms with E-state index < -0.39 is 34.1 Å². The summed E-state index contributed by atoms with van der Waals surface area (Å²) in [7, 11) is -3.65. The van der Waals surface area contributed by atoms with Crippen molar-refractivity contribution in [2.24, 2.45) is 23.5 Å². The number of hydrogen-bond donors (Lipinski definition) is 3. The standard InChI is InChI=1S/C19H28N4O7S2/c1-9-14-13(10(2)24)18(26)23(14)15(19(27)28)16(9)31-12-7-22(8-12)32(29,30)21-5-3-11(4-6-21)17(20)25/h9-14,24H,3-8H2,1-2H3,(H2,20,25)(H,27,28)/t9-,10-,13-,14-/m1/s1. The number of carbonyl (C=O) groups excluding carboxylic acids is 2. The molecule has 4 N–H and O–H groups in total. The number of hydrogen-bond acceptors (Lipinski definition) is 7. The third kappa shape index (κ3) is 3.63. The summed E-state index contributed by atoms with van der Waals surface area (Å²) in [6.45, 7) is 4.34. The molecule has 3 saturated heterocycles. The highest BCUT2D eigenvalue weighted by atomic mass is 32.2. The zero-order valence-electron chi connectivity index (χ0n) is 17.9. The number of primary amides is 1. The van der Waals surface area contributed by atoms with E-state index in [0.29, 0.717) is 17.7 Å². The van der Waals surface area contributed by atoms with E-state index in [9.17, 15) is 33.0 Å². The molecule has 32 heavy (non-hydrogen) atoms. The first-order chi connectivity index (χ1) is 14.9. The quantitative estimate of drug-likeness (QED) is 0.384. The molecule has 0 aromatic carbocycles. The normalized spacial score (nSPS) is 31.3. The molecule has 0 saturated carbocycles. The highest BCUT2D eigenvalue weighted by Crippen LogP contribution is 2.52. The molecule has 0 radical (unpaired) electrons. The Kier molecular flexibility index (Phi) is 6.07. The second kappa shape index (κ2) is 8.28. The highest BCUT2D eigenvalue weighted by Gasteiger charge is 2.60. The smallest absolute Gasteiger partial charge is 0.353 e. The molecular formula is C19H28N4O7S2. The van der Waals surface area contributed by atoms with Gasteiger partial charge in [0.25, 0.3) is 10.2 Å². The Morgan fingerprint density at radius 1 is 1.19 bits per heavy atom. The van der Waals surface area contributed by atoms with Gasteiger partial charge < -0.3 is 20.8 Å². The Labute approximate surface area is 190 Å². The van der Waals surface area contributed by atoms with Crippen LogP contribution in [0.1, 0.15) is 26.7 Å². The van der Waals surface area contributed by atoms with Crippen LogP contribution >= 0.6 is 11.8 Å². The summed E-state index contributed by atoms with van der Waals surface area (Å²) >= 11 is 1.31. The van der Waals surface area contributed by atoms with Gasteiger partial charge in [0.1, 0.15) is 5.70 Å². The van der Waals surface area contributed by atoms with Crippen molar-refractivity contribution in [2.45, 2.75) is 44.1 Å². The molecule has 178 valence electrons. The number of piperidine rings is 1. The topological polar surface area (TPSA) is 162 Å². The number of nitrogens with two attached hydrogens (primary N) is 1. The molecule has 0 aromatic heterocycles. The lowest BCUT2D eigenvalue weighted by Gasteiger charge is -2.46. The summed E-state index contributed by atoms with van der Waals surface area (Å²) in [5.41, 5.74) is 5.26. The molecule has 0 bridgehead atoms. The van der Waals surface area contributed by atoms with Gasteiger partial charge in [0.2, 0.25) is 11.8 Å². The van der Waals surface area contributed by atoms with Crippen molar-refractivity contribution in [3.05, 3.63) is 10.6 Å². The number of carboxylic acids is 1. The molecule has 0 aliphatic carbocycles. The summed E-state index contributed by atoms with van der Waals surface area (Å²) in [6.07, 6.45) is -0.0562. The van der Waals surface area contributed by atoms with Gasteiger partial charge in [-0.1, -0.05) is 6.92 Å². The number of β-lactam (4-membered cyclic amide) rings is 1. The number of fused-ring (bicyclic) bond motifs is 1. The van der Waals surface area contributed by atoms with E-state index in [-0.39, 0.29) is 60.9 Å². The van der Waals surface area contributed by atoms with Gasteiger partial charge in [-0.15, -0.1) is 11.8 Å². The van der Waals surface area contributed by atoms with Crippen molar-refractivity contribution in [1.29, 1.82) is 0 Å². The number of aliphatic hydroxyl groups excluding tert-OH is 1. The van der Waals surface area contributed by atoms with E-state index in [1.165, 1.54) is 32.2 Å². The SMILES string of the molecule is C[C@@H](O)[C@H]1C(=O)N2C(C(=O)O)=C(SC3CN(S(=O)(=O)N4CCC(C(N)=O)CC4)C3)[C@H](C)[C@H]12. The van der Waals surface area contributed by atoms with Crippen molar-refractivity contribution < 1.29 is 33.0 Å². The fourth-order valence-corrected chi connectivity index (χ4v) is 8.50. The second-order valence-corrected chi connectivity index (χ2v) is 12.2. The predicted octanol–water partition coefficient (Wildman–Crippen LogP) is -1.00. The molecule has 4 heterocycles. The third-order valence-corrected chi connectivity index (χ3v) is 10.3. The Balaban J connectivity index is 1.40. The molecule has 4 aliphatic rings. The molecule has 0 aromatic rings. The predicted molar refractivity (Wildman–Crippen MR) is 115 cm³/mol. The van der Waals surface area contributed by atoms with Gasteiger partial charge in [-0.05, 0) is 19.8 Å². The Morgan fingerprint density at radius 2 is 1.78 bits per heavy atom. The van der Waals surface area contributed by atoms with Crippen LogP contribution in [0.25, 0.3) is 0 Å². The minimum Gasteiger partial charge on any atom is -0.477 e. The molecule has 3 fully saturated rings. The molecule has 0 spiro atoms. The van der Waals surface area contributed by atoms with Crippen LogP contribution in [0.4, 0.5) is 0 Å². The lowest BCUT2D eigenvalue weighted by atomic mass is 9.79. The molecule has 11 nitrogen and oxygen atoms in total. The number of amides is 2. The van der Waals surface area contributed by atoms with Crippen molar-refractivity contribution in [1.82, 2.24) is 13.5 Å². The lowest BCUT2D eigenvalue weighted by Crippen LogP contribution is -2.63. The third-order valence-electron chi connectivity index (χ3n) is 6.93. The van der Waals surface area contributed by atoms with E-state index in [1.807, 2.05) is 6.92 Å². The van der Waals surface area contributed by atoms with Gasteiger partial charge in [0.15, 0.2) is 0 Å². The van der Waals surface area contributed by atoms with Gasteiger partial charge in [-0.3, -0.25) is 9.59 Å². The van der Waals surface area contributed by atoms with E-state index >= 15 is 0 Å². The van der Waals surface area contributed by atoms with Crippen molar-refractivity contribution in [3.63, 3.8) is 0 Å². The molecule has 4 atom stereocenters. The second-order valence-electron chi connectivity index (χ2n) is 8.91. The van der Waals surface area contributed by atoms with Crippen LogP contribution in [0, 0.1) is 17.8 Å². The maximum Gasteiger partial charge on any atom is 0.353 e. The fourth-order valence-electron chi connectivity index (χ4n) is 5.06. The summed E-state index contributed by atoms with van der Waals surface area (Å²) in [5, 5.41) is 19.5. The zero-order valence-corrected chi connectivity index (χ0v) is 19.5. The first-order valence-electron chi connectivity index (χ1n) is 10.6. The number of carbonyl (C=O) groups is 3. The van der Waals surface area contributed by atoms with E-state index in [1.54, 1.807) is 0 Å². The summed E-state index contributed by atoms with van der Waals surface area (Å²) < 4.78 is 28.5. The molecular weight excluding hydrogens is 460 g/mol. The van der Waals surface area contributed by atoms with Gasteiger partial charge in [0, 0.05) is 48.2 Å². The minimum atomic E-state index is -3.65. The highest BCUT2D eigenvalue weighted by molar-refractivity contribution is 8.04. The summed E-state index contributed by atoms with van der Waals surface area (Å²) in [6, 6.07) is -0.387. The van der Waals surface area contributed by atoms with Crippen LogP contribution < -0.4 is 5.73 Å². The number of aliphatic hydroxyl groups is 1. The first-order valence-corrected chi connectivity index (χ1v) is 12.9. The molecule has 4 rings (SSSR count). The fraction of sp³-hybridized carbons (Fsp3) is 0.737.